The molecule has 0 fully saturated rings. The molecule has 3 rings (SSSR count). The lowest BCUT2D eigenvalue weighted by molar-refractivity contribution is 0.415. The SMILES string of the molecule is COc1ccc(-c2cncn3nnnc23)cc1. The molecule has 17 heavy (non-hydrogen) atoms. The lowest BCUT2D eigenvalue weighted by Gasteiger charge is -2.03. The number of ether oxygens (including phenoxy) is 1. The molecule has 0 saturated carbocycles. The quantitative estimate of drug-likeness (QED) is 0.658. The van der Waals surface area contributed by atoms with E-state index in [1.807, 2.05) is 24.3 Å². The molecule has 0 aliphatic heterocycles. The van der Waals surface area contributed by atoms with Gasteiger partial charge in [-0.1, -0.05) is 12.1 Å². The molecule has 0 aliphatic rings. The standard InChI is InChI=1S/C11H9N5O/c1-17-9-4-2-8(3-5-9)10-6-12-7-16-11(10)13-14-15-16/h2-7H,1H3. The van der Waals surface area contributed by atoms with E-state index in [1.165, 1.54) is 0 Å². The summed E-state index contributed by atoms with van der Waals surface area (Å²) in [6, 6.07) is 7.68. The van der Waals surface area contributed by atoms with Gasteiger partial charge in [-0.3, -0.25) is 0 Å². The average molecular weight is 227 g/mol. The van der Waals surface area contributed by atoms with Gasteiger partial charge in [-0.15, -0.1) is 5.10 Å². The van der Waals surface area contributed by atoms with Gasteiger partial charge >= 0.3 is 0 Å². The van der Waals surface area contributed by atoms with E-state index in [-0.39, 0.29) is 0 Å². The summed E-state index contributed by atoms with van der Waals surface area (Å²) < 4.78 is 6.66. The van der Waals surface area contributed by atoms with Crippen molar-refractivity contribution in [3.05, 3.63) is 36.8 Å². The van der Waals surface area contributed by atoms with Gasteiger partial charge in [0.15, 0.2) is 5.65 Å². The van der Waals surface area contributed by atoms with Crippen LogP contribution in [0.15, 0.2) is 36.8 Å². The van der Waals surface area contributed by atoms with Crippen LogP contribution >= 0.6 is 0 Å². The van der Waals surface area contributed by atoms with Crippen LogP contribution in [0.4, 0.5) is 0 Å². The van der Waals surface area contributed by atoms with Gasteiger partial charge in [0.05, 0.1) is 7.11 Å². The van der Waals surface area contributed by atoms with E-state index in [9.17, 15) is 0 Å². The summed E-state index contributed by atoms with van der Waals surface area (Å²) in [6.45, 7) is 0. The Balaban J connectivity index is 2.16. The van der Waals surface area contributed by atoms with Gasteiger partial charge in [-0.25, -0.2) is 4.98 Å². The van der Waals surface area contributed by atoms with Gasteiger partial charge in [0.1, 0.15) is 12.1 Å². The predicted molar refractivity (Wildman–Crippen MR) is 60.6 cm³/mol. The summed E-state index contributed by atoms with van der Waals surface area (Å²) in [5.41, 5.74) is 2.57. The molecule has 3 aromatic rings. The normalized spacial score (nSPS) is 10.6. The van der Waals surface area contributed by atoms with Crippen molar-refractivity contribution in [3.63, 3.8) is 0 Å². The predicted octanol–water partition coefficient (Wildman–Crippen LogP) is 1.19. The number of rotatable bonds is 2. The maximum absolute atomic E-state index is 5.12. The Morgan fingerprint density at radius 1 is 1.18 bits per heavy atom. The number of methoxy groups -OCH3 is 1. The minimum Gasteiger partial charge on any atom is -0.497 e. The van der Waals surface area contributed by atoms with Crippen molar-refractivity contribution in [2.45, 2.75) is 0 Å². The summed E-state index contributed by atoms with van der Waals surface area (Å²) in [6.07, 6.45) is 3.32. The largest absolute Gasteiger partial charge is 0.497 e. The second-order valence-electron chi connectivity index (χ2n) is 3.48. The van der Waals surface area contributed by atoms with Gasteiger partial charge in [0.25, 0.3) is 0 Å². The molecule has 0 spiro atoms. The number of aromatic nitrogens is 5. The van der Waals surface area contributed by atoms with Crippen LogP contribution in [0.1, 0.15) is 0 Å². The van der Waals surface area contributed by atoms with Gasteiger partial charge < -0.3 is 4.74 Å². The minimum absolute atomic E-state index is 0.685. The number of hydrogen-bond acceptors (Lipinski definition) is 5. The first kappa shape index (κ1) is 9.71. The molecule has 0 N–H and O–H groups in total. The molecule has 2 aromatic heterocycles. The number of tetrazole rings is 1. The van der Waals surface area contributed by atoms with E-state index in [4.69, 9.17) is 4.74 Å². The van der Waals surface area contributed by atoms with Gasteiger partial charge in [-0.2, -0.15) is 4.52 Å². The zero-order valence-electron chi connectivity index (χ0n) is 9.11. The van der Waals surface area contributed by atoms with E-state index in [0.29, 0.717) is 5.65 Å². The zero-order chi connectivity index (χ0) is 11.7. The van der Waals surface area contributed by atoms with Crippen LogP contribution in [0, 0.1) is 0 Å². The van der Waals surface area contributed by atoms with Crippen LogP contribution in [-0.2, 0) is 0 Å². The highest BCUT2D eigenvalue weighted by molar-refractivity contribution is 5.76. The number of nitrogens with zero attached hydrogens (tertiary/aromatic N) is 5. The summed E-state index contributed by atoms with van der Waals surface area (Å²) in [7, 11) is 1.64. The molecule has 0 radical (unpaired) electrons. The Hall–Kier alpha value is -2.50. The first-order chi connectivity index (χ1) is 8.38. The van der Waals surface area contributed by atoms with Crippen molar-refractivity contribution in [2.75, 3.05) is 7.11 Å². The Bertz CT molecular complexity index is 646. The topological polar surface area (TPSA) is 65.2 Å². The van der Waals surface area contributed by atoms with Crippen LogP contribution in [0.2, 0.25) is 0 Å². The molecule has 0 unspecified atom stereocenters. The van der Waals surface area contributed by atoms with E-state index in [1.54, 1.807) is 24.1 Å². The maximum atomic E-state index is 5.12. The van der Waals surface area contributed by atoms with E-state index >= 15 is 0 Å². The molecule has 84 valence electrons. The third kappa shape index (κ3) is 1.59. The Morgan fingerprint density at radius 3 is 2.76 bits per heavy atom. The monoisotopic (exact) mass is 227 g/mol. The van der Waals surface area contributed by atoms with Gasteiger partial charge in [0.2, 0.25) is 0 Å². The summed E-state index contributed by atoms with van der Waals surface area (Å²) in [5.74, 6) is 0.813. The summed E-state index contributed by atoms with van der Waals surface area (Å²) in [5, 5.41) is 11.4. The number of hydrogen-bond donors (Lipinski definition) is 0. The van der Waals surface area contributed by atoms with Crippen LogP contribution in [-0.4, -0.2) is 32.1 Å². The average Bonchev–Trinajstić information content (AvgIpc) is 2.87. The van der Waals surface area contributed by atoms with Crippen molar-refractivity contribution < 1.29 is 4.74 Å². The second kappa shape index (κ2) is 3.82. The van der Waals surface area contributed by atoms with Crippen LogP contribution < -0.4 is 4.74 Å². The lowest BCUT2D eigenvalue weighted by atomic mass is 10.1. The molecule has 0 bridgehead atoms. The maximum Gasteiger partial charge on any atom is 0.190 e. The Labute approximate surface area is 96.9 Å². The smallest absolute Gasteiger partial charge is 0.190 e. The summed E-state index contributed by atoms with van der Waals surface area (Å²) in [4.78, 5) is 4.09. The number of fused-ring (bicyclic) bond motifs is 1. The molecule has 0 atom stereocenters. The molecular weight excluding hydrogens is 218 g/mol. The fraction of sp³-hybridized carbons (Fsp3) is 0.0909. The fourth-order valence-electron chi connectivity index (χ4n) is 1.65. The first-order valence-corrected chi connectivity index (χ1v) is 5.04. The molecule has 6 nitrogen and oxygen atoms in total. The first-order valence-electron chi connectivity index (χ1n) is 5.04. The number of benzene rings is 1. The van der Waals surface area contributed by atoms with Crippen LogP contribution in [0.25, 0.3) is 16.8 Å². The van der Waals surface area contributed by atoms with Crippen LogP contribution in [0.3, 0.4) is 0 Å². The van der Waals surface area contributed by atoms with Crippen molar-refractivity contribution in [1.29, 1.82) is 0 Å². The third-order valence-corrected chi connectivity index (χ3v) is 2.51. The second-order valence-corrected chi connectivity index (χ2v) is 3.48. The van der Waals surface area contributed by atoms with Crippen molar-refractivity contribution >= 4 is 5.65 Å². The van der Waals surface area contributed by atoms with Crippen molar-refractivity contribution in [3.8, 4) is 16.9 Å². The van der Waals surface area contributed by atoms with Crippen molar-refractivity contribution in [2.24, 2.45) is 0 Å². The van der Waals surface area contributed by atoms with Gasteiger partial charge in [-0.05, 0) is 28.1 Å². The zero-order valence-corrected chi connectivity index (χ0v) is 9.11. The molecule has 1 aromatic carbocycles. The minimum atomic E-state index is 0.685. The Kier molecular flexibility index (Phi) is 2.18. The highest BCUT2D eigenvalue weighted by atomic mass is 16.5. The highest BCUT2D eigenvalue weighted by Crippen LogP contribution is 2.23. The van der Waals surface area contributed by atoms with E-state index in [2.05, 4.69) is 20.5 Å². The molecule has 6 heteroatoms. The molecular formula is C11H9N5O. The van der Waals surface area contributed by atoms with E-state index < -0.39 is 0 Å². The third-order valence-electron chi connectivity index (χ3n) is 2.51. The van der Waals surface area contributed by atoms with Crippen LogP contribution in [0.5, 0.6) is 5.75 Å². The molecule has 0 saturated heterocycles. The molecule has 0 amide bonds. The van der Waals surface area contributed by atoms with Crippen molar-refractivity contribution in [1.82, 2.24) is 25.0 Å². The molecule has 2 heterocycles. The Morgan fingerprint density at radius 2 is 2.00 bits per heavy atom. The molecule has 0 aliphatic carbocycles. The van der Waals surface area contributed by atoms with Gasteiger partial charge in [0, 0.05) is 11.8 Å². The highest BCUT2D eigenvalue weighted by Gasteiger charge is 2.07. The lowest BCUT2D eigenvalue weighted by Crippen LogP contribution is -1.92. The summed E-state index contributed by atoms with van der Waals surface area (Å²) >= 11 is 0. The fourth-order valence-corrected chi connectivity index (χ4v) is 1.65. The van der Waals surface area contributed by atoms with E-state index in [0.717, 1.165) is 16.9 Å².